The van der Waals surface area contributed by atoms with Crippen LogP contribution in [0.1, 0.15) is 118 Å². The van der Waals surface area contributed by atoms with Crippen LogP contribution in [0.15, 0.2) is 60.8 Å². The molecule has 13 atom stereocenters. The van der Waals surface area contributed by atoms with Crippen molar-refractivity contribution >= 4 is 106 Å². The van der Waals surface area contributed by atoms with Crippen LogP contribution >= 0.6 is 0 Å². The summed E-state index contributed by atoms with van der Waals surface area (Å²) in [5, 5.41) is 63.2. The van der Waals surface area contributed by atoms with Crippen molar-refractivity contribution in [3.63, 3.8) is 0 Å². The number of nitrogens with two attached hydrogens (primary N) is 1. The summed E-state index contributed by atoms with van der Waals surface area (Å²) in [4.78, 5) is 215. The highest BCUT2D eigenvalue weighted by Crippen LogP contribution is 2.21. The van der Waals surface area contributed by atoms with Gasteiger partial charge in [0.2, 0.25) is 82.7 Å². The van der Waals surface area contributed by atoms with Gasteiger partial charge in [-0.1, -0.05) is 96.5 Å². The third-order valence-electron chi connectivity index (χ3n) is 16.5. The largest absolute Gasteiger partial charge is 0.481 e. The Kier molecular flexibility index (Phi) is 33.9. The first-order chi connectivity index (χ1) is 48.1. The number of hydrogen-bond acceptors (Lipinski definition) is 18. The molecule has 560 valence electrons. The smallest absolute Gasteiger partial charge is 0.328 e. The number of aliphatic hydroxyl groups excluding tert-OH is 1. The number of aromatic nitrogens is 1. The standard InChI is InChI=1S/C67H98N16O19/c1-10-35(6)55(83-65(99)47(26-40-29-70-42-20-15-14-19-41(40)42)81-64(98)46(25-39-17-12-11-13-18-39)80-63(97)45(24-34(4)5)79-60(94)43-21-16-22-69-43)66(100)75-37(8)57(91)73-38(9)58(92)78-48(27-51(68)85)61(95)74-36(7)56(90)71-30-52(86)76-44(23-33(2)3)62(96)82-49(28-54(88)89)59(93)72-31-53(87)77-50(32-84)67(101)102/h11-15,17-20,29,33-38,43-50,55,69-70,84H,10,16,21-28,30-32H2,1-9H3,(H2,68,85)(H,71,90)(H,72,93)(H,73,91)(H,74,95)(H,75,100)(H,76,86)(H,77,87)(H,78,92)(H,79,94)(H,80,97)(H,81,98)(H,82,96)(H,83,99)(H,88,89)(H,101,102)/t35-,36-,37-,38-,43-,44-,45-,46-,47-,48-,49-,50-,55-/m0/s1. The Morgan fingerprint density at radius 3 is 1.52 bits per heavy atom. The number of rotatable bonds is 42. The van der Waals surface area contributed by atoms with Gasteiger partial charge in [0.15, 0.2) is 0 Å². The number of aliphatic hydroxyl groups is 1. The van der Waals surface area contributed by atoms with E-state index in [2.05, 4.69) is 74.1 Å². The molecule has 0 spiro atoms. The lowest BCUT2D eigenvalue weighted by molar-refractivity contribution is -0.143. The Morgan fingerprint density at radius 2 is 0.971 bits per heavy atom. The molecular weight excluding hydrogens is 1330 g/mol. The fraction of sp³-hybridized carbons (Fsp3) is 0.552. The molecule has 0 aliphatic carbocycles. The number of nitrogens with one attached hydrogen (secondary N) is 15. The normalized spacial score (nSPS) is 16.1. The second kappa shape index (κ2) is 41.2. The van der Waals surface area contributed by atoms with Crippen molar-refractivity contribution in [3.8, 4) is 0 Å². The highest BCUT2D eigenvalue weighted by atomic mass is 16.4. The zero-order chi connectivity index (χ0) is 76.1. The molecule has 1 aromatic heterocycles. The van der Waals surface area contributed by atoms with Gasteiger partial charge in [0.05, 0.1) is 38.6 Å². The van der Waals surface area contributed by atoms with Crippen LogP contribution in [0, 0.1) is 17.8 Å². The minimum Gasteiger partial charge on any atom is -0.481 e. The number of carboxylic acids is 2. The molecule has 0 saturated carbocycles. The van der Waals surface area contributed by atoms with Crippen LogP contribution in [0.4, 0.5) is 0 Å². The molecule has 3 aromatic rings. The summed E-state index contributed by atoms with van der Waals surface area (Å²) in [5.74, 6) is -16.9. The molecule has 35 heteroatoms. The van der Waals surface area contributed by atoms with Gasteiger partial charge in [0, 0.05) is 29.9 Å². The Balaban J connectivity index is 1.42. The van der Waals surface area contributed by atoms with Crippen molar-refractivity contribution in [2.75, 3.05) is 26.2 Å². The summed E-state index contributed by atoms with van der Waals surface area (Å²) < 4.78 is 0. The van der Waals surface area contributed by atoms with Crippen LogP contribution in [-0.4, -0.2) is 214 Å². The molecule has 1 fully saturated rings. The molecule has 0 unspecified atom stereocenters. The van der Waals surface area contributed by atoms with Crippen LogP contribution in [0.2, 0.25) is 0 Å². The number of carbonyl (C=O) groups is 16. The number of carbonyl (C=O) groups excluding carboxylic acids is 14. The monoisotopic (exact) mass is 1430 g/mol. The van der Waals surface area contributed by atoms with Gasteiger partial charge >= 0.3 is 11.9 Å². The van der Waals surface area contributed by atoms with Crippen LogP contribution < -0.4 is 80.2 Å². The van der Waals surface area contributed by atoms with Crippen molar-refractivity contribution in [1.82, 2.24) is 79.4 Å². The van der Waals surface area contributed by atoms with Crippen molar-refractivity contribution in [3.05, 3.63) is 71.9 Å². The highest BCUT2D eigenvalue weighted by Gasteiger charge is 2.37. The molecule has 0 bridgehead atoms. The third-order valence-corrected chi connectivity index (χ3v) is 16.5. The number of primary amides is 1. The SMILES string of the molecule is CC[C@H](C)[C@H](NC(=O)[C@H](Cc1c[nH]c2ccccc12)NC(=O)[C@H](Cc1ccccc1)NC(=O)[C@H](CC(C)C)NC(=O)[C@@H]1CCCN1)C(=O)N[C@@H](C)C(=O)N[C@@H](C)C(=O)N[C@@H](CC(N)=O)C(=O)N[C@@H](C)C(=O)NCC(=O)N[C@@H](CC(C)C)C(=O)N[C@@H](CC(=O)O)C(=O)NCC(=O)N[C@@H](CO)C(=O)O. The van der Waals surface area contributed by atoms with Crippen molar-refractivity contribution in [1.29, 1.82) is 0 Å². The first-order valence-corrected chi connectivity index (χ1v) is 33.6. The molecule has 14 amide bonds. The molecule has 20 N–H and O–H groups in total. The summed E-state index contributed by atoms with van der Waals surface area (Å²) in [6, 6.07) is -0.460. The minimum atomic E-state index is -1.82. The Bertz CT molecular complexity index is 3470. The average Bonchev–Trinajstić information content (AvgIpc) is 1.73. The van der Waals surface area contributed by atoms with E-state index in [1.807, 2.05) is 37.4 Å². The Morgan fingerprint density at radius 1 is 0.500 bits per heavy atom. The number of benzene rings is 2. The summed E-state index contributed by atoms with van der Waals surface area (Å²) in [6.07, 6.45) is 1.61. The lowest BCUT2D eigenvalue weighted by Gasteiger charge is -2.29. The molecule has 35 nitrogen and oxygen atoms in total. The molecule has 102 heavy (non-hydrogen) atoms. The topological polar surface area (TPSA) is 544 Å². The van der Waals surface area contributed by atoms with Gasteiger partial charge in [-0.2, -0.15) is 0 Å². The van der Waals surface area contributed by atoms with E-state index in [9.17, 15) is 81.8 Å². The Hall–Kier alpha value is -10.6. The minimum absolute atomic E-state index is 0.0181. The van der Waals surface area contributed by atoms with E-state index in [0.717, 1.165) is 17.3 Å². The van der Waals surface area contributed by atoms with Crippen LogP contribution in [0.25, 0.3) is 10.9 Å². The maximum atomic E-state index is 14.8. The van der Waals surface area contributed by atoms with Gasteiger partial charge in [-0.05, 0) is 87.9 Å². The van der Waals surface area contributed by atoms with Gasteiger partial charge < -0.3 is 100 Å². The lowest BCUT2D eigenvalue weighted by atomic mass is 9.96. The van der Waals surface area contributed by atoms with Gasteiger partial charge in [0.25, 0.3) is 0 Å². The molecule has 2 aromatic carbocycles. The average molecular weight is 1430 g/mol. The summed E-state index contributed by atoms with van der Waals surface area (Å²) >= 11 is 0. The summed E-state index contributed by atoms with van der Waals surface area (Å²) in [5.41, 5.74) is 7.44. The van der Waals surface area contributed by atoms with Crippen molar-refractivity contribution < 1.29 is 92.0 Å². The van der Waals surface area contributed by atoms with E-state index in [1.54, 1.807) is 70.3 Å². The predicted molar refractivity (Wildman–Crippen MR) is 367 cm³/mol. The van der Waals surface area contributed by atoms with Gasteiger partial charge in [-0.3, -0.25) is 71.9 Å². The number of aromatic amines is 1. The first kappa shape index (κ1) is 83.8. The molecule has 4 rings (SSSR count). The maximum Gasteiger partial charge on any atom is 0.328 e. The molecule has 0 radical (unpaired) electrons. The van der Waals surface area contributed by atoms with Crippen molar-refractivity contribution in [2.24, 2.45) is 23.5 Å². The van der Waals surface area contributed by atoms with E-state index in [1.165, 1.54) is 20.8 Å². The molecule has 1 saturated heterocycles. The summed E-state index contributed by atoms with van der Waals surface area (Å²) in [7, 11) is 0. The van der Waals surface area contributed by atoms with Crippen LogP contribution in [0.3, 0.4) is 0 Å². The number of H-pyrrole nitrogens is 1. The Labute approximate surface area is 589 Å². The van der Waals surface area contributed by atoms with E-state index in [-0.39, 0.29) is 43.4 Å². The molecule has 1 aliphatic rings. The fourth-order valence-electron chi connectivity index (χ4n) is 10.7. The molecular formula is C67H98N16O19. The van der Waals surface area contributed by atoms with E-state index in [4.69, 9.17) is 15.9 Å². The van der Waals surface area contributed by atoms with Crippen molar-refractivity contribution in [2.45, 2.75) is 193 Å². The second-order valence-corrected chi connectivity index (χ2v) is 26.0. The third kappa shape index (κ3) is 27.9. The van der Waals surface area contributed by atoms with Gasteiger partial charge in [-0.25, -0.2) is 4.79 Å². The number of carboxylic acid groups (broad SMARTS) is 2. The number of para-hydroxylation sites is 1. The number of amides is 14. The van der Waals surface area contributed by atoms with Gasteiger partial charge in [-0.15, -0.1) is 0 Å². The quantitative estimate of drug-likeness (QED) is 0.0256. The number of hydrogen-bond donors (Lipinski definition) is 19. The maximum absolute atomic E-state index is 14.8. The summed E-state index contributed by atoms with van der Waals surface area (Å²) in [6.45, 7) is 12.2. The van der Waals surface area contributed by atoms with E-state index >= 15 is 0 Å². The van der Waals surface area contributed by atoms with Crippen LogP contribution in [0.5, 0.6) is 0 Å². The molecule has 2 heterocycles. The molecule has 1 aliphatic heterocycles. The zero-order valence-electron chi connectivity index (χ0n) is 58.6. The lowest BCUT2D eigenvalue weighted by Crippen LogP contribution is -2.61. The number of fused-ring (bicyclic) bond motifs is 1. The van der Waals surface area contributed by atoms with Gasteiger partial charge in [0.1, 0.15) is 66.5 Å². The first-order valence-electron chi connectivity index (χ1n) is 33.6. The van der Waals surface area contributed by atoms with E-state index in [0.29, 0.717) is 30.5 Å². The highest BCUT2D eigenvalue weighted by molar-refractivity contribution is 6.01. The zero-order valence-corrected chi connectivity index (χ0v) is 58.6. The fourth-order valence-corrected chi connectivity index (χ4v) is 10.7. The van der Waals surface area contributed by atoms with Crippen LogP contribution in [-0.2, 0) is 89.6 Å². The number of aliphatic carboxylic acids is 2. The second-order valence-electron chi connectivity index (χ2n) is 26.0. The predicted octanol–water partition coefficient (Wildman–Crippen LogP) is -4.10. The van der Waals surface area contributed by atoms with E-state index < -0.39 is 200 Å².